The molecule has 6 aliphatic rings. The Morgan fingerprint density at radius 2 is 1.45 bits per heavy atom. The van der Waals surface area contributed by atoms with Crippen molar-refractivity contribution in [2.24, 2.45) is 62.6 Å². The summed E-state index contributed by atoms with van der Waals surface area (Å²) in [5, 5.41) is 0. The lowest BCUT2D eigenvalue weighted by Crippen LogP contribution is -2.56. The molecule has 6 fully saturated rings. The first-order valence-corrected chi connectivity index (χ1v) is 15.0. The molecule has 6 rings (SSSR count). The largest absolute Gasteiger partial charge is 0.369 e. The summed E-state index contributed by atoms with van der Waals surface area (Å²) in [6.07, 6.45) is 16.5. The molecule has 33 heavy (non-hydrogen) atoms. The Morgan fingerprint density at radius 1 is 0.788 bits per heavy atom. The maximum absolute atomic E-state index is 5.99. The molecule has 3 unspecified atom stereocenters. The summed E-state index contributed by atoms with van der Waals surface area (Å²) in [4.78, 5) is 0. The molecule has 1 heteroatoms. The highest BCUT2D eigenvalue weighted by atomic mass is 16.6. The fourth-order valence-electron chi connectivity index (χ4n) is 12.0. The summed E-state index contributed by atoms with van der Waals surface area (Å²) in [6.45, 7) is 21.8. The highest BCUT2D eigenvalue weighted by Gasteiger charge is 2.81. The first-order chi connectivity index (χ1) is 15.4. The lowest BCUT2D eigenvalue weighted by Gasteiger charge is -2.63. The zero-order chi connectivity index (χ0) is 23.7. The number of fused-ring (bicyclic) bond motifs is 2. The molecule has 0 radical (unpaired) electrons. The zero-order valence-corrected chi connectivity index (χ0v) is 23.4. The third-order valence-corrected chi connectivity index (χ3v) is 15.0. The van der Waals surface area contributed by atoms with Gasteiger partial charge in [0.05, 0.1) is 12.2 Å². The summed E-state index contributed by atoms with van der Waals surface area (Å²) in [6, 6.07) is 0. The molecule has 10 atom stereocenters. The second-order valence-corrected chi connectivity index (χ2v) is 15.9. The van der Waals surface area contributed by atoms with Gasteiger partial charge >= 0.3 is 0 Å². The van der Waals surface area contributed by atoms with E-state index in [0.717, 1.165) is 47.0 Å². The van der Waals surface area contributed by atoms with Crippen molar-refractivity contribution in [3.05, 3.63) is 0 Å². The molecule has 0 N–H and O–H groups in total. The van der Waals surface area contributed by atoms with Gasteiger partial charge in [0.1, 0.15) is 0 Å². The molecule has 1 heterocycles. The molecule has 1 nitrogen and oxygen atoms in total. The molecule has 0 aromatic rings. The van der Waals surface area contributed by atoms with Crippen LogP contribution in [0.4, 0.5) is 0 Å². The molecular formula is C32H54O. The quantitative estimate of drug-likeness (QED) is 0.378. The van der Waals surface area contributed by atoms with E-state index < -0.39 is 0 Å². The van der Waals surface area contributed by atoms with Crippen molar-refractivity contribution in [2.75, 3.05) is 6.61 Å². The van der Waals surface area contributed by atoms with Gasteiger partial charge in [-0.3, -0.25) is 0 Å². The number of hydrogen-bond donors (Lipinski definition) is 0. The van der Waals surface area contributed by atoms with Crippen LogP contribution in [0.5, 0.6) is 0 Å². The van der Waals surface area contributed by atoms with Crippen molar-refractivity contribution in [2.45, 2.75) is 132 Å². The Labute approximate surface area is 205 Å². The smallest absolute Gasteiger partial charge is 0.0939 e. The summed E-state index contributed by atoms with van der Waals surface area (Å²) >= 11 is 0. The predicted molar refractivity (Wildman–Crippen MR) is 138 cm³/mol. The van der Waals surface area contributed by atoms with Crippen molar-refractivity contribution in [1.82, 2.24) is 0 Å². The van der Waals surface area contributed by atoms with Gasteiger partial charge in [-0.25, -0.2) is 0 Å². The van der Waals surface area contributed by atoms with Crippen LogP contribution in [0.3, 0.4) is 0 Å². The first kappa shape index (κ1) is 23.4. The average molecular weight is 455 g/mol. The van der Waals surface area contributed by atoms with Crippen LogP contribution in [0.2, 0.25) is 0 Å². The molecule has 0 bridgehead atoms. The Balaban J connectivity index is 1.24. The minimum atomic E-state index is 0.234. The SMILES string of the molecule is CC(C)C1(CC[C@@H](C)C2CC[C@@]3(C)[C@@H]4CC[C@H]5C(C)(C)[C@@H](C)CC[C@@]56CC46CC[C@]23C)CO1. The average Bonchev–Trinajstić information content (AvgIpc) is 3.64. The van der Waals surface area contributed by atoms with Crippen LogP contribution in [-0.2, 0) is 4.74 Å². The van der Waals surface area contributed by atoms with Crippen LogP contribution < -0.4 is 0 Å². The van der Waals surface area contributed by atoms with Gasteiger partial charge in [0, 0.05) is 0 Å². The maximum Gasteiger partial charge on any atom is 0.0939 e. The highest BCUT2D eigenvalue weighted by Crippen LogP contribution is 2.89. The number of hydrogen-bond acceptors (Lipinski definition) is 1. The molecule has 0 aromatic carbocycles. The third-order valence-electron chi connectivity index (χ3n) is 15.0. The lowest BCUT2D eigenvalue weighted by atomic mass is 9.41. The molecule has 0 amide bonds. The molecule has 5 saturated carbocycles. The normalized spacial score (nSPS) is 57.0. The van der Waals surface area contributed by atoms with Crippen LogP contribution in [0.15, 0.2) is 0 Å². The van der Waals surface area contributed by atoms with Gasteiger partial charge in [-0.15, -0.1) is 0 Å². The highest BCUT2D eigenvalue weighted by molar-refractivity contribution is 5.30. The number of rotatable bonds is 5. The van der Waals surface area contributed by atoms with E-state index in [1.54, 1.807) is 25.7 Å². The minimum Gasteiger partial charge on any atom is -0.369 e. The second kappa shape index (κ2) is 6.83. The monoisotopic (exact) mass is 454 g/mol. The third kappa shape index (κ3) is 2.71. The number of epoxide rings is 1. The van der Waals surface area contributed by atoms with E-state index >= 15 is 0 Å². The fourth-order valence-corrected chi connectivity index (χ4v) is 12.0. The zero-order valence-electron chi connectivity index (χ0n) is 23.4. The van der Waals surface area contributed by atoms with Crippen molar-refractivity contribution in [3.8, 4) is 0 Å². The maximum atomic E-state index is 5.99. The van der Waals surface area contributed by atoms with E-state index in [1.165, 1.54) is 44.9 Å². The second-order valence-electron chi connectivity index (χ2n) is 15.9. The molecular weight excluding hydrogens is 400 g/mol. The van der Waals surface area contributed by atoms with Gasteiger partial charge in [-0.2, -0.15) is 0 Å². The van der Waals surface area contributed by atoms with Crippen LogP contribution in [-0.4, -0.2) is 12.2 Å². The number of ether oxygens (including phenoxy) is 1. The summed E-state index contributed by atoms with van der Waals surface area (Å²) in [5.41, 5.74) is 3.38. The van der Waals surface area contributed by atoms with Gasteiger partial charge in [0.15, 0.2) is 0 Å². The Hall–Kier alpha value is -0.0400. The van der Waals surface area contributed by atoms with Gasteiger partial charge in [0.2, 0.25) is 0 Å². The summed E-state index contributed by atoms with van der Waals surface area (Å²) < 4.78 is 5.99. The van der Waals surface area contributed by atoms with Gasteiger partial charge < -0.3 is 4.74 Å². The topological polar surface area (TPSA) is 12.5 Å². The van der Waals surface area contributed by atoms with Crippen LogP contribution >= 0.6 is 0 Å². The Morgan fingerprint density at radius 3 is 2.12 bits per heavy atom. The van der Waals surface area contributed by atoms with Crippen molar-refractivity contribution in [1.29, 1.82) is 0 Å². The van der Waals surface area contributed by atoms with Crippen LogP contribution in [0, 0.1) is 62.6 Å². The van der Waals surface area contributed by atoms with E-state index in [1.807, 2.05) is 0 Å². The molecule has 5 aliphatic carbocycles. The van der Waals surface area contributed by atoms with Crippen molar-refractivity contribution in [3.63, 3.8) is 0 Å². The van der Waals surface area contributed by atoms with Gasteiger partial charge in [0.25, 0.3) is 0 Å². The van der Waals surface area contributed by atoms with E-state index in [2.05, 4.69) is 55.4 Å². The summed E-state index contributed by atoms with van der Waals surface area (Å²) in [5.74, 6) is 5.37. The molecule has 2 spiro atoms. The van der Waals surface area contributed by atoms with Crippen LogP contribution in [0.25, 0.3) is 0 Å². The molecule has 1 aliphatic heterocycles. The first-order valence-electron chi connectivity index (χ1n) is 15.0. The van der Waals surface area contributed by atoms with E-state index in [-0.39, 0.29) is 5.60 Å². The van der Waals surface area contributed by atoms with E-state index in [4.69, 9.17) is 4.74 Å². The van der Waals surface area contributed by atoms with Crippen molar-refractivity contribution >= 4 is 0 Å². The van der Waals surface area contributed by atoms with Gasteiger partial charge in [-0.1, -0.05) is 55.4 Å². The summed E-state index contributed by atoms with van der Waals surface area (Å²) in [7, 11) is 0. The van der Waals surface area contributed by atoms with E-state index in [9.17, 15) is 0 Å². The Kier molecular flexibility index (Phi) is 4.84. The standard InChI is InChI=1S/C32H54O/c1-21(2)32(20-33-32)16-11-22(3)24-13-14-29(8)26-10-9-25-27(5,6)23(4)12-15-30(25)19-31(26,30)18-17-28(24,29)7/h21-26H,9-20H2,1-8H3/t22-,23+,24?,25+,26+,28-,29+,30-,31?,32?/m1/s1. The molecule has 188 valence electrons. The minimum absolute atomic E-state index is 0.234. The van der Waals surface area contributed by atoms with Crippen molar-refractivity contribution < 1.29 is 4.74 Å². The Bertz CT molecular complexity index is 807. The predicted octanol–water partition coefficient (Wildman–Crippen LogP) is 8.90. The van der Waals surface area contributed by atoms with Crippen LogP contribution in [0.1, 0.15) is 126 Å². The fraction of sp³-hybridized carbons (Fsp3) is 1.00. The molecule has 1 saturated heterocycles. The molecule has 0 aromatic heterocycles. The van der Waals surface area contributed by atoms with E-state index in [0.29, 0.717) is 22.2 Å². The lowest BCUT2D eigenvalue weighted by molar-refractivity contribution is -0.149. The van der Waals surface area contributed by atoms with Gasteiger partial charge in [-0.05, 0) is 133 Å².